The van der Waals surface area contributed by atoms with Crippen LogP contribution in [0.5, 0.6) is 0 Å². The molecule has 1 atom stereocenters. The van der Waals surface area contributed by atoms with Gasteiger partial charge in [-0.15, -0.1) is 0 Å². The molecule has 4 heteroatoms. The van der Waals surface area contributed by atoms with E-state index in [1.165, 1.54) is 5.56 Å². The number of ether oxygens (including phenoxy) is 1. The van der Waals surface area contributed by atoms with Crippen LogP contribution in [0.2, 0.25) is 0 Å². The third-order valence-electron chi connectivity index (χ3n) is 3.67. The van der Waals surface area contributed by atoms with Crippen LogP contribution in [-0.2, 0) is 11.2 Å². The van der Waals surface area contributed by atoms with E-state index in [1.807, 2.05) is 12.1 Å². The van der Waals surface area contributed by atoms with Gasteiger partial charge < -0.3 is 15.8 Å². The van der Waals surface area contributed by atoms with E-state index in [9.17, 15) is 4.79 Å². The molecule has 3 N–H and O–H groups in total. The van der Waals surface area contributed by atoms with Gasteiger partial charge in [0.25, 0.3) is 0 Å². The summed E-state index contributed by atoms with van der Waals surface area (Å²) >= 11 is 0. The van der Waals surface area contributed by atoms with Crippen LogP contribution in [0.4, 0.5) is 11.4 Å². The maximum Gasteiger partial charge on any atom is 0.338 e. The maximum absolute atomic E-state index is 11.7. The van der Waals surface area contributed by atoms with Crippen molar-refractivity contribution in [3.05, 3.63) is 59.7 Å². The highest BCUT2D eigenvalue weighted by Gasteiger charge is 2.10. The van der Waals surface area contributed by atoms with Crippen molar-refractivity contribution < 1.29 is 9.53 Å². The fraction of sp³-hybridized carbons (Fsp3) is 0.316. The molecule has 0 aliphatic rings. The molecule has 2 aromatic rings. The topological polar surface area (TPSA) is 64.3 Å². The molecule has 2 rings (SSSR count). The van der Waals surface area contributed by atoms with Crippen molar-refractivity contribution in [3.8, 4) is 0 Å². The Bertz CT molecular complexity index is 641. The van der Waals surface area contributed by atoms with E-state index in [4.69, 9.17) is 10.5 Å². The summed E-state index contributed by atoms with van der Waals surface area (Å²) in [7, 11) is 0. The molecule has 1 unspecified atom stereocenters. The van der Waals surface area contributed by atoms with Crippen LogP contribution >= 0.6 is 0 Å². The number of nitrogens with one attached hydrogen (secondary N) is 1. The third-order valence-corrected chi connectivity index (χ3v) is 3.67. The number of hydrogen-bond donors (Lipinski definition) is 2. The largest absolute Gasteiger partial charge is 0.462 e. The van der Waals surface area contributed by atoms with Gasteiger partial charge in [0, 0.05) is 6.04 Å². The molecular weight excluding hydrogens is 288 g/mol. The molecule has 0 saturated heterocycles. The van der Waals surface area contributed by atoms with Gasteiger partial charge in [-0.05, 0) is 50.5 Å². The molecule has 0 bridgehead atoms. The van der Waals surface area contributed by atoms with Crippen LogP contribution in [0.15, 0.2) is 48.5 Å². The quantitative estimate of drug-likeness (QED) is 0.601. The Labute approximate surface area is 137 Å². The van der Waals surface area contributed by atoms with Gasteiger partial charge in [-0.25, -0.2) is 4.79 Å². The normalized spacial score (nSPS) is 11.7. The molecule has 23 heavy (non-hydrogen) atoms. The Hall–Kier alpha value is -2.49. The maximum atomic E-state index is 11.7. The van der Waals surface area contributed by atoms with Crippen LogP contribution < -0.4 is 11.1 Å². The standard InChI is InChI=1S/C19H24N2O2/c1-3-23-19(22)16-11-12-18(17(20)13-16)21-14(2)9-10-15-7-5-4-6-8-15/h4-8,11-14,21H,3,9-10,20H2,1-2H3. The number of hydrogen-bond acceptors (Lipinski definition) is 4. The minimum Gasteiger partial charge on any atom is -0.462 e. The number of nitrogens with two attached hydrogens (primary N) is 1. The van der Waals surface area contributed by atoms with Crippen molar-refractivity contribution >= 4 is 17.3 Å². The number of rotatable bonds is 7. The van der Waals surface area contributed by atoms with Gasteiger partial charge in [-0.3, -0.25) is 0 Å². The Morgan fingerprint density at radius 2 is 1.96 bits per heavy atom. The summed E-state index contributed by atoms with van der Waals surface area (Å²) in [5, 5.41) is 3.40. The monoisotopic (exact) mass is 312 g/mol. The zero-order valence-corrected chi connectivity index (χ0v) is 13.7. The van der Waals surface area contributed by atoms with Crippen LogP contribution in [0.3, 0.4) is 0 Å². The van der Waals surface area contributed by atoms with Gasteiger partial charge >= 0.3 is 5.97 Å². The van der Waals surface area contributed by atoms with Crippen molar-refractivity contribution in [2.75, 3.05) is 17.7 Å². The second kappa shape index (κ2) is 8.22. The summed E-state index contributed by atoms with van der Waals surface area (Å²) in [5.41, 5.74) is 9.25. The Balaban J connectivity index is 1.93. The van der Waals surface area contributed by atoms with Crippen LogP contribution in [0.1, 0.15) is 36.2 Å². The zero-order chi connectivity index (χ0) is 16.7. The summed E-state index contributed by atoms with van der Waals surface area (Å²) in [4.78, 5) is 11.7. The molecule has 0 aliphatic heterocycles. The molecule has 0 heterocycles. The molecule has 0 aromatic heterocycles. The molecule has 0 saturated carbocycles. The Kier molecular flexibility index (Phi) is 6.03. The van der Waals surface area contributed by atoms with Crippen molar-refractivity contribution in [2.45, 2.75) is 32.7 Å². The number of benzene rings is 2. The number of carbonyl (C=O) groups excluding carboxylic acids is 1. The second-order valence-electron chi connectivity index (χ2n) is 5.59. The lowest BCUT2D eigenvalue weighted by Crippen LogP contribution is -2.17. The van der Waals surface area contributed by atoms with E-state index in [2.05, 4.69) is 36.5 Å². The van der Waals surface area contributed by atoms with E-state index in [-0.39, 0.29) is 12.0 Å². The third kappa shape index (κ3) is 5.02. The smallest absolute Gasteiger partial charge is 0.338 e. The zero-order valence-electron chi connectivity index (χ0n) is 13.7. The van der Waals surface area contributed by atoms with E-state index in [0.717, 1.165) is 18.5 Å². The summed E-state index contributed by atoms with van der Waals surface area (Å²) in [6, 6.07) is 15.9. The lowest BCUT2D eigenvalue weighted by atomic mass is 10.1. The van der Waals surface area contributed by atoms with Crippen molar-refractivity contribution in [1.29, 1.82) is 0 Å². The Morgan fingerprint density at radius 1 is 1.22 bits per heavy atom. The number of anilines is 2. The second-order valence-corrected chi connectivity index (χ2v) is 5.59. The first kappa shape index (κ1) is 16.9. The van der Waals surface area contributed by atoms with Crippen molar-refractivity contribution in [2.24, 2.45) is 0 Å². The summed E-state index contributed by atoms with van der Waals surface area (Å²) < 4.78 is 4.98. The Morgan fingerprint density at radius 3 is 2.61 bits per heavy atom. The molecule has 0 amide bonds. The summed E-state index contributed by atoms with van der Waals surface area (Å²) in [6.45, 7) is 4.27. The number of esters is 1. The van der Waals surface area contributed by atoms with Gasteiger partial charge in [0.15, 0.2) is 0 Å². The van der Waals surface area contributed by atoms with E-state index in [1.54, 1.807) is 19.1 Å². The molecule has 0 radical (unpaired) electrons. The first-order valence-electron chi connectivity index (χ1n) is 7.97. The molecule has 0 aliphatic carbocycles. The lowest BCUT2D eigenvalue weighted by molar-refractivity contribution is 0.0526. The highest BCUT2D eigenvalue weighted by atomic mass is 16.5. The van der Waals surface area contributed by atoms with Gasteiger partial charge in [-0.1, -0.05) is 30.3 Å². The van der Waals surface area contributed by atoms with Gasteiger partial charge in [0.2, 0.25) is 0 Å². The van der Waals surface area contributed by atoms with Gasteiger partial charge in [0.05, 0.1) is 23.5 Å². The predicted octanol–water partition coefficient (Wildman–Crippen LogP) is 3.88. The fourth-order valence-corrected chi connectivity index (χ4v) is 2.40. The van der Waals surface area contributed by atoms with Gasteiger partial charge in [0.1, 0.15) is 0 Å². The number of aryl methyl sites for hydroxylation is 1. The van der Waals surface area contributed by atoms with Crippen molar-refractivity contribution in [3.63, 3.8) is 0 Å². The average Bonchev–Trinajstić information content (AvgIpc) is 2.56. The fourth-order valence-electron chi connectivity index (χ4n) is 2.40. The summed E-state index contributed by atoms with van der Waals surface area (Å²) in [5.74, 6) is -0.345. The van der Waals surface area contributed by atoms with Crippen molar-refractivity contribution in [1.82, 2.24) is 0 Å². The first-order chi connectivity index (χ1) is 11.1. The molecule has 2 aromatic carbocycles. The van der Waals surface area contributed by atoms with Gasteiger partial charge in [-0.2, -0.15) is 0 Å². The van der Waals surface area contributed by atoms with E-state index in [0.29, 0.717) is 17.9 Å². The minimum atomic E-state index is -0.345. The number of carbonyl (C=O) groups is 1. The van der Waals surface area contributed by atoms with Crippen LogP contribution in [0, 0.1) is 0 Å². The first-order valence-corrected chi connectivity index (χ1v) is 7.97. The summed E-state index contributed by atoms with van der Waals surface area (Å²) in [6.07, 6.45) is 2.01. The van der Waals surface area contributed by atoms with Crippen LogP contribution in [-0.4, -0.2) is 18.6 Å². The minimum absolute atomic E-state index is 0.283. The van der Waals surface area contributed by atoms with E-state index < -0.39 is 0 Å². The highest BCUT2D eigenvalue weighted by molar-refractivity contribution is 5.91. The molecule has 122 valence electrons. The SMILES string of the molecule is CCOC(=O)c1ccc(NC(C)CCc2ccccc2)c(N)c1. The number of nitrogen functional groups attached to an aromatic ring is 1. The molecule has 4 nitrogen and oxygen atoms in total. The molecule has 0 fully saturated rings. The molecular formula is C19H24N2O2. The lowest BCUT2D eigenvalue weighted by Gasteiger charge is -2.17. The molecule has 0 spiro atoms. The predicted molar refractivity (Wildman–Crippen MR) is 94.7 cm³/mol. The highest BCUT2D eigenvalue weighted by Crippen LogP contribution is 2.22. The average molecular weight is 312 g/mol. The van der Waals surface area contributed by atoms with E-state index >= 15 is 0 Å². The van der Waals surface area contributed by atoms with Crippen LogP contribution in [0.25, 0.3) is 0 Å².